The number of benzene rings is 3. The van der Waals surface area contributed by atoms with Crippen molar-refractivity contribution in [2.45, 2.75) is 26.6 Å². The number of hydrogen-bond acceptors (Lipinski definition) is 4. The SMILES string of the molecule is Cc1ccccc1COc1ccc(-c2ccc(OCC(O)CO)cc2C)cc1. The van der Waals surface area contributed by atoms with E-state index >= 15 is 0 Å². The van der Waals surface area contributed by atoms with Gasteiger partial charge in [0.05, 0.1) is 6.61 Å². The maximum absolute atomic E-state index is 9.39. The maximum atomic E-state index is 9.39. The molecule has 4 nitrogen and oxygen atoms in total. The highest BCUT2D eigenvalue weighted by Crippen LogP contribution is 2.28. The Kier molecular flexibility index (Phi) is 6.69. The fraction of sp³-hybridized carbons (Fsp3) is 0.250. The Balaban J connectivity index is 1.65. The van der Waals surface area contributed by atoms with Crippen LogP contribution in [0, 0.1) is 13.8 Å². The van der Waals surface area contributed by atoms with Gasteiger partial charge in [-0.1, -0.05) is 42.5 Å². The van der Waals surface area contributed by atoms with Crippen LogP contribution in [-0.2, 0) is 6.61 Å². The lowest BCUT2D eigenvalue weighted by molar-refractivity contribution is 0.0536. The highest BCUT2D eigenvalue weighted by Gasteiger charge is 2.07. The van der Waals surface area contributed by atoms with E-state index in [0.717, 1.165) is 22.4 Å². The third-order valence-corrected chi connectivity index (χ3v) is 4.67. The van der Waals surface area contributed by atoms with Crippen LogP contribution < -0.4 is 9.47 Å². The number of aryl methyl sites for hydroxylation is 2. The van der Waals surface area contributed by atoms with Gasteiger partial charge in [-0.15, -0.1) is 0 Å². The highest BCUT2D eigenvalue weighted by atomic mass is 16.5. The molecule has 146 valence electrons. The summed E-state index contributed by atoms with van der Waals surface area (Å²) in [5.74, 6) is 1.51. The van der Waals surface area contributed by atoms with Gasteiger partial charge in [0.1, 0.15) is 30.8 Å². The van der Waals surface area contributed by atoms with Crippen LogP contribution in [0.1, 0.15) is 16.7 Å². The molecule has 0 radical (unpaired) electrons. The Morgan fingerprint density at radius 3 is 2.21 bits per heavy atom. The summed E-state index contributed by atoms with van der Waals surface area (Å²) in [4.78, 5) is 0. The molecule has 28 heavy (non-hydrogen) atoms. The van der Waals surface area contributed by atoms with E-state index in [9.17, 15) is 5.11 Å². The minimum Gasteiger partial charge on any atom is -0.491 e. The minimum absolute atomic E-state index is 0.0716. The third-order valence-electron chi connectivity index (χ3n) is 4.67. The smallest absolute Gasteiger partial charge is 0.119 e. The summed E-state index contributed by atoms with van der Waals surface area (Å²) in [7, 11) is 0. The molecule has 0 aliphatic heterocycles. The van der Waals surface area contributed by atoms with Crippen LogP contribution in [0.3, 0.4) is 0 Å². The van der Waals surface area contributed by atoms with Crippen LogP contribution in [0.4, 0.5) is 0 Å². The van der Waals surface area contributed by atoms with E-state index in [1.807, 2.05) is 61.5 Å². The normalized spacial score (nSPS) is 11.9. The lowest BCUT2D eigenvalue weighted by atomic mass is 10.0. The highest BCUT2D eigenvalue weighted by molar-refractivity contribution is 5.68. The van der Waals surface area contributed by atoms with Gasteiger partial charge in [-0.05, 0) is 65.9 Å². The Bertz CT molecular complexity index is 903. The molecule has 0 saturated carbocycles. The molecule has 0 heterocycles. The topological polar surface area (TPSA) is 58.9 Å². The summed E-state index contributed by atoms with van der Waals surface area (Å²) in [5.41, 5.74) is 5.70. The van der Waals surface area contributed by atoms with Crippen LogP contribution in [-0.4, -0.2) is 29.5 Å². The Morgan fingerprint density at radius 1 is 0.821 bits per heavy atom. The van der Waals surface area contributed by atoms with Crippen LogP contribution in [0.25, 0.3) is 11.1 Å². The summed E-state index contributed by atoms with van der Waals surface area (Å²) in [6, 6.07) is 22.1. The molecular weight excluding hydrogens is 352 g/mol. The molecule has 3 rings (SSSR count). The van der Waals surface area contributed by atoms with Crippen molar-refractivity contribution in [3.63, 3.8) is 0 Å². The van der Waals surface area contributed by atoms with Gasteiger partial charge in [-0.2, -0.15) is 0 Å². The van der Waals surface area contributed by atoms with Crippen LogP contribution >= 0.6 is 0 Å². The van der Waals surface area contributed by atoms with E-state index in [1.54, 1.807) is 0 Å². The lowest BCUT2D eigenvalue weighted by Crippen LogP contribution is -2.21. The zero-order valence-electron chi connectivity index (χ0n) is 16.3. The molecule has 3 aromatic rings. The fourth-order valence-corrected chi connectivity index (χ4v) is 2.96. The number of ether oxygens (including phenoxy) is 2. The van der Waals surface area contributed by atoms with Gasteiger partial charge >= 0.3 is 0 Å². The molecule has 0 aliphatic rings. The summed E-state index contributed by atoms with van der Waals surface area (Å²) < 4.78 is 11.4. The van der Waals surface area contributed by atoms with Crippen LogP contribution in [0.2, 0.25) is 0 Å². The van der Waals surface area contributed by atoms with Gasteiger partial charge in [-0.25, -0.2) is 0 Å². The second kappa shape index (κ2) is 9.40. The second-order valence-electron chi connectivity index (χ2n) is 6.86. The molecule has 0 bridgehead atoms. The molecule has 0 saturated heterocycles. The summed E-state index contributed by atoms with van der Waals surface area (Å²) in [6.07, 6.45) is -0.868. The Labute approximate surface area is 166 Å². The summed E-state index contributed by atoms with van der Waals surface area (Å²) >= 11 is 0. The molecule has 4 heteroatoms. The first-order valence-corrected chi connectivity index (χ1v) is 9.37. The van der Waals surface area contributed by atoms with Gasteiger partial charge in [0.2, 0.25) is 0 Å². The fourth-order valence-electron chi connectivity index (χ4n) is 2.96. The molecule has 3 aromatic carbocycles. The first-order valence-electron chi connectivity index (χ1n) is 9.37. The van der Waals surface area contributed by atoms with Gasteiger partial charge in [-0.3, -0.25) is 0 Å². The average Bonchev–Trinajstić information content (AvgIpc) is 2.72. The van der Waals surface area contributed by atoms with E-state index in [2.05, 4.69) is 19.1 Å². The molecule has 0 aromatic heterocycles. The molecule has 1 unspecified atom stereocenters. The molecule has 0 aliphatic carbocycles. The Hall–Kier alpha value is -2.82. The van der Waals surface area contributed by atoms with E-state index < -0.39 is 6.10 Å². The largest absolute Gasteiger partial charge is 0.491 e. The zero-order chi connectivity index (χ0) is 19.9. The molecular formula is C24H26O4. The number of rotatable bonds is 8. The van der Waals surface area contributed by atoms with Crippen molar-refractivity contribution in [1.29, 1.82) is 0 Å². The van der Waals surface area contributed by atoms with Crippen LogP contribution in [0.5, 0.6) is 11.5 Å². The molecule has 0 amide bonds. The van der Waals surface area contributed by atoms with E-state index in [0.29, 0.717) is 12.4 Å². The van der Waals surface area contributed by atoms with Gasteiger partial charge in [0, 0.05) is 0 Å². The molecule has 0 spiro atoms. The van der Waals surface area contributed by atoms with E-state index in [4.69, 9.17) is 14.6 Å². The first kappa shape index (κ1) is 19.9. The minimum atomic E-state index is -0.868. The van der Waals surface area contributed by atoms with Gasteiger partial charge < -0.3 is 19.7 Å². The summed E-state index contributed by atoms with van der Waals surface area (Å²) in [5, 5.41) is 18.3. The summed E-state index contributed by atoms with van der Waals surface area (Å²) in [6.45, 7) is 4.42. The second-order valence-corrected chi connectivity index (χ2v) is 6.86. The number of hydrogen-bond donors (Lipinski definition) is 2. The third kappa shape index (κ3) is 5.12. The maximum Gasteiger partial charge on any atom is 0.119 e. The average molecular weight is 378 g/mol. The van der Waals surface area contributed by atoms with Crippen molar-refractivity contribution in [3.05, 3.63) is 83.4 Å². The van der Waals surface area contributed by atoms with Crippen molar-refractivity contribution in [1.82, 2.24) is 0 Å². The van der Waals surface area contributed by atoms with Crippen molar-refractivity contribution in [3.8, 4) is 22.6 Å². The predicted molar refractivity (Wildman–Crippen MR) is 111 cm³/mol. The number of aliphatic hydroxyl groups is 2. The van der Waals surface area contributed by atoms with Gasteiger partial charge in [0.15, 0.2) is 0 Å². The monoisotopic (exact) mass is 378 g/mol. The van der Waals surface area contributed by atoms with E-state index in [-0.39, 0.29) is 13.2 Å². The quantitative estimate of drug-likeness (QED) is 0.614. The van der Waals surface area contributed by atoms with Gasteiger partial charge in [0.25, 0.3) is 0 Å². The van der Waals surface area contributed by atoms with Crippen molar-refractivity contribution >= 4 is 0 Å². The number of aliphatic hydroxyl groups excluding tert-OH is 2. The molecule has 0 fully saturated rings. The van der Waals surface area contributed by atoms with Crippen molar-refractivity contribution in [2.75, 3.05) is 13.2 Å². The van der Waals surface area contributed by atoms with Crippen LogP contribution in [0.15, 0.2) is 66.7 Å². The van der Waals surface area contributed by atoms with Crippen molar-refractivity contribution in [2.24, 2.45) is 0 Å². The zero-order valence-corrected chi connectivity index (χ0v) is 16.3. The standard InChI is InChI=1S/C24H26O4/c1-17-5-3-4-6-20(17)15-27-22-9-7-19(8-10-22)24-12-11-23(13-18(24)2)28-16-21(26)14-25/h3-13,21,25-26H,14-16H2,1-2H3. The van der Waals surface area contributed by atoms with E-state index in [1.165, 1.54) is 11.1 Å². The molecule has 2 N–H and O–H groups in total. The molecule has 1 atom stereocenters. The first-order chi connectivity index (χ1) is 13.6. The van der Waals surface area contributed by atoms with Crippen molar-refractivity contribution < 1.29 is 19.7 Å². The Morgan fingerprint density at radius 2 is 1.54 bits per heavy atom. The predicted octanol–water partition coefficient (Wildman–Crippen LogP) is 4.28. The lowest BCUT2D eigenvalue weighted by Gasteiger charge is -2.13.